The van der Waals surface area contributed by atoms with E-state index in [1.807, 2.05) is 0 Å². The minimum Gasteiger partial charge on any atom is -0.320 e. The van der Waals surface area contributed by atoms with Crippen molar-refractivity contribution in [3.63, 3.8) is 0 Å². The van der Waals surface area contributed by atoms with Crippen molar-refractivity contribution in [1.82, 2.24) is 9.78 Å². The van der Waals surface area contributed by atoms with Gasteiger partial charge in [-0.1, -0.05) is 0 Å². The van der Waals surface area contributed by atoms with E-state index in [0.717, 1.165) is 6.07 Å². The maximum absolute atomic E-state index is 13.4. The van der Waals surface area contributed by atoms with E-state index < -0.39 is 23.0 Å². The van der Waals surface area contributed by atoms with Crippen LogP contribution >= 0.6 is 0 Å². The van der Waals surface area contributed by atoms with Gasteiger partial charge in [-0.25, -0.2) is 8.78 Å². The van der Waals surface area contributed by atoms with Gasteiger partial charge in [-0.3, -0.25) is 14.3 Å². The maximum Gasteiger partial charge on any atom is 0.280 e. The lowest BCUT2D eigenvalue weighted by Gasteiger charge is -2.08. The van der Waals surface area contributed by atoms with Gasteiger partial charge in [-0.05, 0) is 42.5 Å². The van der Waals surface area contributed by atoms with Crippen LogP contribution in [0.25, 0.3) is 10.9 Å². The van der Waals surface area contributed by atoms with E-state index in [2.05, 4.69) is 10.4 Å². The third kappa shape index (κ3) is 2.80. The van der Waals surface area contributed by atoms with Crippen molar-refractivity contribution in [3.05, 3.63) is 70.0 Å². The Hall–Kier alpha value is -3.09. The molecule has 1 aromatic heterocycles. The van der Waals surface area contributed by atoms with Crippen LogP contribution in [0.2, 0.25) is 0 Å². The van der Waals surface area contributed by atoms with Crippen LogP contribution in [-0.2, 0) is 7.05 Å². The summed E-state index contributed by atoms with van der Waals surface area (Å²) in [6.45, 7) is 0. The highest BCUT2D eigenvalue weighted by atomic mass is 19.1. The third-order valence-corrected chi connectivity index (χ3v) is 3.33. The molecule has 5 nitrogen and oxygen atoms in total. The summed E-state index contributed by atoms with van der Waals surface area (Å²) in [7, 11) is 1.55. The summed E-state index contributed by atoms with van der Waals surface area (Å²) >= 11 is 0. The van der Waals surface area contributed by atoms with Crippen LogP contribution in [0.1, 0.15) is 10.5 Å². The van der Waals surface area contributed by atoms with Crippen molar-refractivity contribution in [2.24, 2.45) is 7.05 Å². The second kappa shape index (κ2) is 5.60. The summed E-state index contributed by atoms with van der Waals surface area (Å²) in [6.07, 6.45) is 0. The number of aromatic nitrogens is 2. The van der Waals surface area contributed by atoms with Crippen molar-refractivity contribution in [2.45, 2.75) is 0 Å². The van der Waals surface area contributed by atoms with Crippen LogP contribution in [0.5, 0.6) is 0 Å². The summed E-state index contributed by atoms with van der Waals surface area (Å²) < 4.78 is 27.6. The van der Waals surface area contributed by atoms with Crippen LogP contribution in [0.15, 0.2) is 47.3 Å². The number of nitrogens with zero attached hydrogens (tertiary/aromatic N) is 2. The molecular weight excluding hydrogens is 304 g/mol. The molecule has 3 aromatic rings. The highest BCUT2D eigenvalue weighted by Crippen LogP contribution is 2.13. The summed E-state index contributed by atoms with van der Waals surface area (Å²) in [5.41, 5.74) is -0.304. The number of carbonyl (C=O) groups is 1. The fourth-order valence-electron chi connectivity index (χ4n) is 2.22. The summed E-state index contributed by atoms with van der Waals surface area (Å²) in [5, 5.41) is 6.46. The van der Waals surface area contributed by atoms with Crippen LogP contribution < -0.4 is 10.7 Å². The molecule has 0 saturated heterocycles. The number of aryl methyl sites for hydroxylation is 1. The van der Waals surface area contributed by atoms with Gasteiger partial charge in [0.05, 0.1) is 10.9 Å². The van der Waals surface area contributed by atoms with Gasteiger partial charge in [-0.2, -0.15) is 5.10 Å². The number of hydrogen-bond donors (Lipinski definition) is 1. The Labute approximate surface area is 129 Å². The molecule has 1 heterocycles. The molecule has 1 N–H and O–H groups in total. The molecule has 0 saturated carbocycles. The number of benzene rings is 2. The van der Waals surface area contributed by atoms with E-state index in [1.54, 1.807) is 7.05 Å². The molecule has 3 rings (SSSR count). The Morgan fingerprint density at radius 1 is 1.09 bits per heavy atom. The topological polar surface area (TPSA) is 64.0 Å². The van der Waals surface area contributed by atoms with Crippen LogP contribution in [0, 0.1) is 11.6 Å². The molecule has 2 aromatic carbocycles. The normalized spacial score (nSPS) is 10.7. The first-order valence-corrected chi connectivity index (χ1v) is 6.69. The van der Waals surface area contributed by atoms with Crippen LogP contribution in [0.3, 0.4) is 0 Å². The van der Waals surface area contributed by atoms with Crippen molar-refractivity contribution < 1.29 is 13.6 Å². The molecule has 23 heavy (non-hydrogen) atoms. The second-order valence-electron chi connectivity index (χ2n) is 4.92. The lowest BCUT2D eigenvalue weighted by Crippen LogP contribution is -2.26. The van der Waals surface area contributed by atoms with Gasteiger partial charge in [0, 0.05) is 12.7 Å². The van der Waals surface area contributed by atoms with E-state index >= 15 is 0 Å². The number of nitrogens with one attached hydrogen (secondary N) is 1. The van der Waals surface area contributed by atoms with Crippen molar-refractivity contribution >= 4 is 22.5 Å². The van der Waals surface area contributed by atoms with Gasteiger partial charge < -0.3 is 5.32 Å². The lowest BCUT2D eigenvalue weighted by molar-refractivity contribution is 0.101. The fourth-order valence-corrected chi connectivity index (χ4v) is 2.22. The monoisotopic (exact) mass is 315 g/mol. The van der Waals surface area contributed by atoms with E-state index in [4.69, 9.17) is 0 Å². The molecule has 116 valence electrons. The number of halogens is 2. The highest BCUT2D eigenvalue weighted by Gasteiger charge is 2.17. The molecule has 0 spiro atoms. The molecule has 1 amide bonds. The van der Waals surface area contributed by atoms with Crippen molar-refractivity contribution in [1.29, 1.82) is 0 Å². The van der Waals surface area contributed by atoms with Gasteiger partial charge in [-0.15, -0.1) is 0 Å². The number of amides is 1. The average molecular weight is 315 g/mol. The molecule has 0 atom stereocenters. The number of anilines is 1. The quantitative estimate of drug-likeness (QED) is 0.790. The number of fused-ring (bicyclic) bond motifs is 1. The van der Waals surface area contributed by atoms with E-state index in [0.29, 0.717) is 11.2 Å². The van der Waals surface area contributed by atoms with Crippen molar-refractivity contribution in [3.8, 4) is 0 Å². The van der Waals surface area contributed by atoms with Gasteiger partial charge in [0.2, 0.25) is 5.43 Å². The summed E-state index contributed by atoms with van der Waals surface area (Å²) in [6, 6.07) is 8.77. The maximum atomic E-state index is 13.4. The zero-order valence-electron chi connectivity index (χ0n) is 12.0. The third-order valence-electron chi connectivity index (χ3n) is 3.33. The first-order valence-electron chi connectivity index (χ1n) is 6.69. The average Bonchev–Trinajstić information content (AvgIpc) is 2.53. The second-order valence-corrected chi connectivity index (χ2v) is 4.92. The Balaban J connectivity index is 2.05. The Bertz CT molecular complexity index is 965. The smallest absolute Gasteiger partial charge is 0.280 e. The standard InChI is InChI=1S/C16H11F2N3O2/c1-21-13-7-4-10(18)8-12(13)15(22)14(20-21)16(23)19-11-5-2-9(17)3-6-11/h2-8H,1H3,(H,19,23). The predicted molar refractivity (Wildman–Crippen MR) is 81.3 cm³/mol. The van der Waals surface area contributed by atoms with Gasteiger partial charge in [0.25, 0.3) is 5.91 Å². The highest BCUT2D eigenvalue weighted by molar-refractivity contribution is 6.04. The Morgan fingerprint density at radius 2 is 1.74 bits per heavy atom. The summed E-state index contributed by atoms with van der Waals surface area (Å²) in [4.78, 5) is 24.6. The van der Waals surface area contributed by atoms with Gasteiger partial charge >= 0.3 is 0 Å². The van der Waals surface area contributed by atoms with Crippen LogP contribution in [-0.4, -0.2) is 15.7 Å². The molecule has 0 bridgehead atoms. The minimum absolute atomic E-state index is 0.0618. The fraction of sp³-hybridized carbons (Fsp3) is 0.0625. The largest absolute Gasteiger partial charge is 0.320 e. The first kappa shape index (κ1) is 14.8. The van der Waals surface area contributed by atoms with Gasteiger partial charge in [0.15, 0.2) is 5.69 Å². The molecule has 0 aliphatic heterocycles. The molecule has 0 fully saturated rings. The van der Waals surface area contributed by atoms with E-state index in [1.165, 1.54) is 41.1 Å². The van der Waals surface area contributed by atoms with Crippen LogP contribution in [0.4, 0.5) is 14.5 Å². The zero-order chi connectivity index (χ0) is 16.6. The molecule has 0 unspecified atom stereocenters. The van der Waals surface area contributed by atoms with Crippen molar-refractivity contribution in [2.75, 3.05) is 5.32 Å². The number of carbonyl (C=O) groups excluding carboxylic acids is 1. The molecule has 7 heteroatoms. The SMILES string of the molecule is Cn1nc(C(=O)Nc2ccc(F)cc2)c(=O)c2cc(F)ccc21. The Kier molecular flexibility index (Phi) is 3.61. The number of rotatable bonds is 2. The molecule has 0 aliphatic rings. The lowest BCUT2D eigenvalue weighted by atomic mass is 10.2. The summed E-state index contributed by atoms with van der Waals surface area (Å²) in [5.74, 6) is -1.77. The molecule has 0 radical (unpaired) electrons. The number of hydrogen-bond acceptors (Lipinski definition) is 3. The van der Waals surface area contributed by atoms with E-state index in [9.17, 15) is 18.4 Å². The van der Waals surface area contributed by atoms with E-state index in [-0.39, 0.29) is 11.1 Å². The predicted octanol–water partition coefficient (Wildman–Crippen LogP) is 2.46. The molecule has 0 aliphatic carbocycles. The Morgan fingerprint density at radius 3 is 2.43 bits per heavy atom. The zero-order valence-corrected chi connectivity index (χ0v) is 12.0. The van der Waals surface area contributed by atoms with Gasteiger partial charge in [0.1, 0.15) is 11.6 Å². The molecular formula is C16H11F2N3O2. The first-order chi connectivity index (χ1) is 11.0. The minimum atomic E-state index is -0.747.